The third kappa shape index (κ3) is 3.47. The van der Waals surface area contributed by atoms with Crippen LogP contribution < -0.4 is 0 Å². The van der Waals surface area contributed by atoms with Crippen LogP contribution in [0.2, 0.25) is 0 Å². The zero-order valence-electron chi connectivity index (χ0n) is 14.5. The second-order valence-electron chi connectivity index (χ2n) is 6.57. The molecule has 3 atom stereocenters. The van der Waals surface area contributed by atoms with Crippen molar-refractivity contribution in [3.8, 4) is 0 Å². The molecule has 1 saturated carbocycles. The highest BCUT2D eigenvalue weighted by Gasteiger charge is 2.52. The Labute approximate surface area is 154 Å². The number of carbonyl (C=O) groups is 1. The maximum atomic E-state index is 12.8. The molecule has 2 aliphatic rings. The molecule has 1 aromatic carbocycles. The van der Waals surface area contributed by atoms with E-state index in [1.807, 2.05) is 18.2 Å². The lowest BCUT2D eigenvalue weighted by Crippen LogP contribution is -2.65. The van der Waals surface area contributed by atoms with Gasteiger partial charge in [0, 0.05) is 30.9 Å². The van der Waals surface area contributed by atoms with Crippen LogP contribution in [0.15, 0.2) is 30.3 Å². The number of likely N-dealkylation sites (tertiary alicyclic amines) is 1. The minimum atomic E-state index is 0.168. The molecule has 0 N–H and O–H groups in total. The molecule has 1 aliphatic heterocycles. The number of hydrogen-bond donors (Lipinski definition) is 0. The number of hydrogen-bond acceptors (Lipinski definition) is 3. The van der Waals surface area contributed by atoms with E-state index in [0.29, 0.717) is 17.2 Å². The number of carbonyl (C=O) groups excluding carboxylic acids is 1. The summed E-state index contributed by atoms with van der Waals surface area (Å²) in [6.07, 6.45) is 3.44. The lowest BCUT2D eigenvalue weighted by atomic mass is 9.75. The summed E-state index contributed by atoms with van der Waals surface area (Å²) in [5.41, 5.74) is 1.22. The number of amides is 1. The lowest BCUT2D eigenvalue weighted by Gasteiger charge is -2.53. The topological polar surface area (TPSA) is 23.6 Å². The van der Waals surface area contributed by atoms with E-state index in [4.69, 9.17) is 12.2 Å². The Bertz CT molecular complexity index is 588. The van der Waals surface area contributed by atoms with Gasteiger partial charge in [0.15, 0.2) is 0 Å². The normalized spacial score (nSPS) is 25.8. The van der Waals surface area contributed by atoms with Gasteiger partial charge in [-0.25, -0.2) is 0 Å². The van der Waals surface area contributed by atoms with E-state index in [9.17, 15) is 4.79 Å². The standard InChI is InChI=1S/C19H26N2OS2/c1-3-20(4-2)19(23)24-16-12-8-11-15-17(16)18(22)21(15)13-14-9-6-5-7-10-14/h5-7,9-10,15-17H,3-4,8,11-13H2,1-2H3/t15-,16-,17-/m0/s1. The molecule has 0 unspecified atom stereocenters. The minimum absolute atomic E-state index is 0.168. The van der Waals surface area contributed by atoms with E-state index >= 15 is 0 Å². The Morgan fingerprint density at radius 2 is 1.96 bits per heavy atom. The number of nitrogens with zero attached hydrogens (tertiary/aromatic N) is 2. The molecule has 3 nitrogen and oxygen atoms in total. The number of rotatable bonds is 5. The molecule has 130 valence electrons. The molecular formula is C19H26N2OS2. The number of benzene rings is 1. The molecule has 3 rings (SSSR count). The van der Waals surface area contributed by atoms with Crippen molar-refractivity contribution in [2.75, 3.05) is 13.1 Å². The first-order valence-electron chi connectivity index (χ1n) is 8.95. The van der Waals surface area contributed by atoms with E-state index in [2.05, 4.69) is 35.8 Å². The van der Waals surface area contributed by atoms with E-state index < -0.39 is 0 Å². The SMILES string of the molecule is CCN(CC)C(=S)S[C@H]1CCC[C@H]2[C@@H]1C(=O)N2Cc1ccccc1. The Morgan fingerprint density at radius 1 is 1.25 bits per heavy atom. The van der Waals surface area contributed by atoms with Gasteiger partial charge in [0.1, 0.15) is 4.32 Å². The van der Waals surface area contributed by atoms with Crippen molar-refractivity contribution in [1.29, 1.82) is 0 Å². The third-order valence-electron chi connectivity index (χ3n) is 5.24. The van der Waals surface area contributed by atoms with E-state index in [1.165, 1.54) is 12.0 Å². The molecule has 0 spiro atoms. The molecule has 1 heterocycles. The number of fused-ring (bicyclic) bond motifs is 1. The van der Waals surface area contributed by atoms with Crippen molar-refractivity contribution in [3.63, 3.8) is 0 Å². The van der Waals surface area contributed by atoms with Crippen molar-refractivity contribution >= 4 is 34.2 Å². The first-order valence-corrected chi connectivity index (χ1v) is 10.2. The second kappa shape index (κ2) is 7.87. The third-order valence-corrected chi connectivity index (χ3v) is 7.08. The predicted molar refractivity (Wildman–Crippen MR) is 105 cm³/mol. The number of thioether (sulfide) groups is 1. The van der Waals surface area contributed by atoms with Gasteiger partial charge in [-0.05, 0) is 32.3 Å². The summed E-state index contributed by atoms with van der Waals surface area (Å²) in [4.78, 5) is 17.1. The Balaban J connectivity index is 1.63. The van der Waals surface area contributed by atoms with Gasteiger partial charge in [-0.2, -0.15) is 0 Å². The molecule has 1 saturated heterocycles. The summed E-state index contributed by atoms with van der Waals surface area (Å²) in [6.45, 7) is 6.90. The van der Waals surface area contributed by atoms with Gasteiger partial charge >= 0.3 is 0 Å². The van der Waals surface area contributed by atoms with Crippen LogP contribution in [-0.2, 0) is 11.3 Å². The van der Waals surface area contributed by atoms with Gasteiger partial charge in [-0.3, -0.25) is 4.79 Å². The summed E-state index contributed by atoms with van der Waals surface area (Å²) in [7, 11) is 0. The fraction of sp³-hybridized carbons (Fsp3) is 0.579. The van der Waals surface area contributed by atoms with Crippen molar-refractivity contribution in [3.05, 3.63) is 35.9 Å². The summed E-state index contributed by atoms with van der Waals surface area (Å²) in [6, 6.07) is 10.7. The predicted octanol–water partition coefficient (Wildman–Crippen LogP) is 3.93. The van der Waals surface area contributed by atoms with Gasteiger partial charge in [0.05, 0.1) is 5.92 Å². The molecule has 24 heavy (non-hydrogen) atoms. The first-order chi connectivity index (χ1) is 11.7. The zero-order valence-corrected chi connectivity index (χ0v) is 16.1. The lowest BCUT2D eigenvalue weighted by molar-refractivity contribution is -0.160. The maximum absolute atomic E-state index is 12.8. The van der Waals surface area contributed by atoms with Crippen LogP contribution in [0.5, 0.6) is 0 Å². The molecule has 0 aromatic heterocycles. The van der Waals surface area contributed by atoms with Crippen molar-refractivity contribution in [2.45, 2.75) is 50.9 Å². The molecule has 1 aliphatic carbocycles. The fourth-order valence-corrected chi connectivity index (χ4v) is 5.90. The quantitative estimate of drug-likeness (QED) is 0.585. The largest absolute Gasteiger partial charge is 0.358 e. The molecule has 2 fully saturated rings. The second-order valence-corrected chi connectivity index (χ2v) is 8.44. The van der Waals surface area contributed by atoms with Crippen LogP contribution in [0.3, 0.4) is 0 Å². The zero-order chi connectivity index (χ0) is 17.1. The summed E-state index contributed by atoms with van der Waals surface area (Å²) in [5, 5.41) is 0.358. The van der Waals surface area contributed by atoms with Gasteiger partial charge < -0.3 is 9.80 Å². The summed E-state index contributed by atoms with van der Waals surface area (Å²) < 4.78 is 0.958. The highest BCUT2D eigenvalue weighted by Crippen LogP contribution is 2.45. The number of thiocarbonyl (C=S) groups is 1. The molecule has 1 aromatic rings. The Morgan fingerprint density at radius 3 is 2.62 bits per heavy atom. The van der Waals surface area contributed by atoms with E-state index in [1.54, 1.807) is 11.8 Å². The molecule has 5 heteroatoms. The fourth-order valence-electron chi connectivity index (χ4n) is 3.87. The monoisotopic (exact) mass is 362 g/mol. The molecule has 1 amide bonds. The molecule has 0 radical (unpaired) electrons. The highest BCUT2D eigenvalue weighted by molar-refractivity contribution is 8.23. The highest BCUT2D eigenvalue weighted by atomic mass is 32.2. The van der Waals surface area contributed by atoms with E-state index in [-0.39, 0.29) is 5.92 Å². The number of β-lactam (4-membered cyclic amide) rings is 1. The van der Waals surface area contributed by atoms with Gasteiger partial charge in [-0.15, -0.1) is 0 Å². The average Bonchev–Trinajstić information content (AvgIpc) is 2.61. The van der Waals surface area contributed by atoms with Gasteiger partial charge in [-0.1, -0.05) is 60.7 Å². The Hall–Kier alpha value is -1.07. The average molecular weight is 363 g/mol. The Kier molecular flexibility index (Phi) is 5.82. The van der Waals surface area contributed by atoms with Crippen LogP contribution in [-0.4, -0.2) is 44.4 Å². The van der Waals surface area contributed by atoms with Gasteiger partial charge in [0.2, 0.25) is 5.91 Å². The summed E-state index contributed by atoms with van der Waals surface area (Å²) in [5.74, 6) is 0.490. The van der Waals surface area contributed by atoms with Gasteiger partial charge in [0.25, 0.3) is 0 Å². The molecular weight excluding hydrogens is 336 g/mol. The van der Waals surface area contributed by atoms with Crippen LogP contribution >= 0.6 is 24.0 Å². The first kappa shape index (κ1) is 17.7. The molecule has 0 bridgehead atoms. The minimum Gasteiger partial charge on any atom is -0.358 e. The summed E-state index contributed by atoms with van der Waals surface area (Å²) >= 11 is 7.37. The van der Waals surface area contributed by atoms with Crippen LogP contribution in [0.1, 0.15) is 38.7 Å². The van der Waals surface area contributed by atoms with Crippen LogP contribution in [0.25, 0.3) is 0 Å². The van der Waals surface area contributed by atoms with Crippen molar-refractivity contribution in [1.82, 2.24) is 9.80 Å². The maximum Gasteiger partial charge on any atom is 0.229 e. The van der Waals surface area contributed by atoms with Crippen LogP contribution in [0.4, 0.5) is 0 Å². The van der Waals surface area contributed by atoms with Crippen molar-refractivity contribution < 1.29 is 4.79 Å². The van der Waals surface area contributed by atoms with Crippen LogP contribution in [0, 0.1) is 5.92 Å². The van der Waals surface area contributed by atoms with E-state index in [0.717, 1.165) is 36.8 Å². The van der Waals surface area contributed by atoms with Crippen molar-refractivity contribution in [2.24, 2.45) is 5.92 Å². The smallest absolute Gasteiger partial charge is 0.229 e.